The number of nitrogens with zero attached hydrogens (tertiary/aromatic N) is 2. The van der Waals surface area contributed by atoms with Crippen molar-refractivity contribution in [3.63, 3.8) is 0 Å². The maximum Gasteiger partial charge on any atom is 0.225 e. The van der Waals surface area contributed by atoms with Crippen molar-refractivity contribution in [3.05, 3.63) is 11.6 Å². The molecule has 2 aliphatic rings. The van der Waals surface area contributed by atoms with E-state index < -0.39 is 0 Å². The Kier molecular flexibility index (Phi) is 4.52. The van der Waals surface area contributed by atoms with Crippen LogP contribution in [0.15, 0.2) is 11.6 Å². The molecule has 0 aromatic heterocycles. The predicted octanol–water partition coefficient (Wildman–Crippen LogP) is 3.52. The molecule has 20 heavy (non-hydrogen) atoms. The molecule has 1 aliphatic heterocycles. The molecule has 1 saturated carbocycles. The van der Waals surface area contributed by atoms with Gasteiger partial charge in [-0.1, -0.05) is 32.4 Å². The third-order valence-corrected chi connectivity index (χ3v) is 4.74. The molecule has 0 radical (unpaired) electrons. The lowest BCUT2D eigenvalue weighted by molar-refractivity contribution is -0.136. The van der Waals surface area contributed by atoms with Gasteiger partial charge in [-0.3, -0.25) is 4.79 Å². The zero-order valence-electron chi connectivity index (χ0n) is 13.0. The summed E-state index contributed by atoms with van der Waals surface area (Å²) in [7, 11) is 0. The summed E-state index contributed by atoms with van der Waals surface area (Å²) >= 11 is 0. The van der Waals surface area contributed by atoms with Crippen LogP contribution in [0, 0.1) is 28.6 Å². The van der Waals surface area contributed by atoms with Gasteiger partial charge in [-0.05, 0) is 37.5 Å². The third kappa shape index (κ3) is 3.42. The predicted molar refractivity (Wildman–Crippen MR) is 79.8 cm³/mol. The zero-order valence-corrected chi connectivity index (χ0v) is 13.0. The van der Waals surface area contributed by atoms with E-state index in [4.69, 9.17) is 5.26 Å². The fraction of sp³-hybridized carbons (Fsp3) is 0.765. The van der Waals surface area contributed by atoms with E-state index in [0.717, 1.165) is 45.2 Å². The quantitative estimate of drug-likeness (QED) is 0.687. The van der Waals surface area contributed by atoms with Gasteiger partial charge in [-0.2, -0.15) is 5.26 Å². The number of rotatable bonds is 1. The lowest BCUT2D eigenvalue weighted by Gasteiger charge is -2.35. The lowest BCUT2D eigenvalue weighted by Crippen LogP contribution is -2.41. The van der Waals surface area contributed by atoms with E-state index in [2.05, 4.69) is 32.9 Å². The molecule has 0 atom stereocenters. The van der Waals surface area contributed by atoms with Crippen molar-refractivity contribution in [1.82, 2.24) is 4.90 Å². The Morgan fingerprint density at radius 2 is 1.95 bits per heavy atom. The minimum atomic E-state index is 0.157. The number of nitriles is 1. The molecule has 3 heteroatoms. The average Bonchev–Trinajstić information content (AvgIpc) is 2.46. The van der Waals surface area contributed by atoms with E-state index in [1.165, 1.54) is 5.57 Å². The van der Waals surface area contributed by atoms with Crippen LogP contribution in [0.1, 0.15) is 52.9 Å². The molecule has 0 unspecified atom stereocenters. The molecular formula is C17H26N2O. The van der Waals surface area contributed by atoms with Crippen LogP contribution < -0.4 is 0 Å². The van der Waals surface area contributed by atoms with Crippen LogP contribution in [0.5, 0.6) is 0 Å². The number of carbonyl (C=O) groups is 1. The van der Waals surface area contributed by atoms with Crippen molar-refractivity contribution in [2.45, 2.75) is 52.9 Å². The van der Waals surface area contributed by atoms with Gasteiger partial charge in [0.15, 0.2) is 0 Å². The average molecular weight is 274 g/mol. The zero-order chi connectivity index (χ0) is 14.8. The molecular weight excluding hydrogens is 248 g/mol. The normalized spacial score (nSPS) is 27.7. The van der Waals surface area contributed by atoms with E-state index in [-0.39, 0.29) is 17.3 Å². The monoisotopic (exact) mass is 274 g/mol. The molecule has 110 valence electrons. The van der Waals surface area contributed by atoms with Crippen molar-refractivity contribution in [1.29, 1.82) is 5.26 Å². The Morgan fingerprint density at radius 1 is 1.30 bits per heavy atom. The third-order valence-electron chi connectivity index (χ3n) is 4.74. The summed E-state index contributed by atoms with van der Waals surface area (Å²) in [5.74, 6) is 0.641. The van der Waals surface area contributed by atoms with E-state index in [9.17, 15) is 4.79 Å². The van der Waals surface area contributed by atoms with Crippen LogP contribution in [0.25, 0.3) is 0 Å². The second-order valence-electron chi connectivity index (χ2n) is 7.19. The van der Waals surface area contributed by atoms with Crippen LogP contribution in [0.2, 0.25) is 0 Å². The van der Waals surface area contributed by atoms with E-state index in [1.54, 1.807) is 0 Å². The van der Waals surface area contributed by atoms with E-state index in [0.29, 0.717) is 5.91 Å². The standard InChI is InChI=1S/C17H26N2O/c1-17(2,3)15-8-10-19(11-9-15)16(20)14-6-4-13(12-18)5-7-14/h8,13-14H,4-7,9-11H2,1-3H3. The number of hydrogen-bond donors (Lipinski definition) is 0. The first kappa shape index (κ1) is 15.1. The second kappa shape index (κ2) is 5.99. The van der Waals surface area contributed by atoms with Crippen molar-refractivity contribution in [2.24, 2.45) is 17.3 Å². The number of hydrogen-bond acceptors (Lipinski definition) is 2. The van der Waals surface area contributed by atoms with Gasteiger partial charge in [0.25, 0.3) is 0 Å². The first-order valence-corrected chi connectivity index (χ1v) is 7.79. The van der Waals surface area contributed by atoms with Crippen LogP contribution in [0.3, 0.4) is 0 Å². The highest BCUT2D eigenvalue weighted by Crippen LogP contribution is 2.33. The Hall–Kier alpha value is -1.30. The molecule has 1 fully saturated rings. The van der Waals surface area contributed by atoms with Crippen molar-refractivity contribution < 1.29 is 4.79 Å². The maximum atomic E-state index is 12.5. The topological polar surface area (TPSA) is 44.1 Å². The molecule has 1 aliphatic carbocycles. The summed E-state index contributed by atoms with van der Waals surface area (Å²) < 4.78 is 0. The highest BCUT2D eigenvalue weighted by molar-refractivity contribution is 5.79. The van der Waals surface area contributed by atoms with Crippen molar-refractivity contribution in [3.8, 4) is 6.07 Å². The van der Waals surface area contributed by atoms with E-state index in [1.807, 2.05) is 4.90 Å². The van der Waals surface area contributed by atoms with Gasteiger partial charge >= 0.3 is 0 Å². The van der Waals surface area contributed by atoms with E-state index >= 15 is 0 Å². The Bertz CT molecular complexity index is 431. The highest BCUT2D eigenvalue weighted by Gasteiger charge is 2.31. The summed E-state index contributed by atoms with van der Waals surface area (Å²) in [6.45, 7) is 8.34. The maximum absolute atomic E-state index is 12.5. The van der Waals surface area contributed by atoms with Gasteiger partial charge < -0.3 is 4.90 Å². The highest BCUT2D eigenvalue weighted by atomic mass is 16.2. The SMILES string of the molecule is CC(C)(C)C1=CCN(C(=O)C2CCC(C#N)CC2)CC1. The molecule has 0 aromatic carbocycles. The molecule has 0 bridgehead atoms. The summed E-state index contributed by atoms with van der Waals surface area (Å²) in [6.07, 6.45) is 6.81. The Labute approximate surface area is 122 Å². The van der Waals surface area contributed by atoms with Gasteiger partial charge in [0, 0.05) is 24.9 Å². The summed E-state index contributed by atoms with van der Waals surface area (Å²) in [6, 6.07) is 2.33. The van der Waals surface area contributed by atoms with Crippen molar-refractivity contribution >= 4 is 5.91 Å². The molecule has 3 nitrogen and oxygen atoms in total. The first-order chi connectivity index (χ1) is 9.41. The van der Waals surface area contributed by atoms with Crippen LogP contribution in [-0.2, 0) is 4.79 Å². The van der Waals surface area contributed by atoms with Crippen LogP contribution in [0.4, 0.5) is 0 Å². The van der Waals surface area contributed by atoms with Gasteiger partial charge in [0.2, 0.25) is 5.91 Å². The van der Waals surface area contributed by atoms with Crippen LogP contribution in [-0.4, -0.2) is 23.9 Å². The molecule has 1 amide bonds. The lowest BCUT2D eigenvalue weighted by atomic mass is 9.81. The summed E-state index contributed by atoms with van der Waals surface area (Å²) in [5, 5.41) is 8.92. The minimum absolute atomic E-state index is 0.157. The molecule has 1 heterocycles. The number of carbonyl (C=O) groups excluding carboxylic acids is 1. The summed E-state index contributed by atoms with van der Waals surface area (Å²) in [4.78, 5) is 14.5. The van der Waals surface area contributed by atoms with Gasteiger partial charge in [-0.25, -0.2) is 0 Å². The molecule has 0 N–H and O–H groups in total. The fourth-order valence-corrected chi connectivity index (χ4v) is 3.28. The van der Waals surface area contributed by atoms with Gasteiger partial charge in [0.1, 0.15) is 0 Å². The summed E-state index contributed by atoms with van der Waals surface area (Å²) in [5.41, 5.74) is 1.69. The molecule has 0 aromatic rings. The molecule has 0 saturated heterocycles. The smallest absolute Gasteiger partial charge is 0.225 e. The fourth-order valence-electron chi connectivity index (χ4n) is 3.28. The van der Waals surface area contributed by atoms with Gasteiger partial charge in [-0.15, -0.1) is 0 Å². The van der Waals surface area contributed by atoms with Crippen LogP contribution >= 0.6 is 0 Å². The number of amides is 1. The largest absolute Gasteiger partial charge is 0.338 e. The molecule has 2 rings (SSSR count). The Morgan fingerprint density at radius 3 is 2.40 bits per heavy atom. The molecule has 0 spiro atoms. The Balaban J connectivity index is 1.90. The first-order valence-electron chi connectivity index (χ1n) is 7.79. The minimum Gasteiger partial charge on any atom is -0.338 e. The second-order valence-corrected chi connectivity index (χ2v) is 7.19. The van der Waals surface area contributed by atoms with Gasteiger partial charge in [0.05, 0.1) is 6.07 Å². The van der Waals surface area contributed by atoms with Crippen molar-refractivity contribution in [2.75, 3.05) is 13.1 Å².